The number of esters is 1. The molecule has 0 saturated carbocycles. The molecule has 0 fully saturated rings. The topological polar surface area (TPSA) is 134 Å². The van der Waals surface area contributed by atoms with E-state index in [1.807, 2.05) is 0 Å². The lowest BCUT2D eigenvalue weighted by Crippen LogP contribution is -2.40. The van der Waals surface area contributed by atoms with Gasteiger partial charge in [0.25, 0.3) is 0 Å². The summed E-state index contributed by atoms with van der Waals surface area (Å²) in [6, 6.07) is 10.8. The Morgan fingerprint density at radius 3 is 2.74 bits per heavy atom. The highest BCUT2D eigenvalue weighted by atomic mass is 32.2. The van der Waals surface area contributed by atoms with Crippen molar-refractivity contribution in [1.82, 2.24) is 5.32 Å². The van der Waals surface area contributed by atoms with Crippen molar-refractivity contribution < 1.29 is 32.9 Å². The third-order valence-electron chi connectivity index (χ3n) is 5.77. The number of aromatic hydroxyl groups is 1. The van der Waals surface area contributed by atoms with Gasteiger partial charge in [-0.3, -0.25) is 9.52 Å². The van der Waals surface area contributed by atoms with Crippen LogP contribution in [0.5, 0.6) is 11.5 Å². The lowest BCUT2D eigenvalue weighted by molar-refractivity contribution is -0.143. The minimum Gasteiger partial charge on any atom is -0.506 e. The molecular weight excluding hydrogens is 472 g/mol. The average Bonchev–Trinajstić information content (AvgIpc) is 2.81. The highest BCUT2D eigenvalue weighted by Crippen LogP contribution is 2.29. The lowest BCUT2D eigenvalue weighted by Gasteiger charge is -2.27. The van der Waals surface area contributed by atoms with Gasteiger partial charge < -0.3 is 25.0 Å². The molecule has 35 heavy (non-hydrogen) atoms. The summed E-state index contributed by atoms with van der Waals surface area (Å²) in [5.74, 6) is -0.0716. The van der Waals surface area contributed by atoms with E-state index in [-0.39, 0.29) is 30.1 Å². The maximum Gasteiger partial charge on any atom is 0.306 e. The van der Waals surface area contributed by atoms with Crippen molar-refractivity contribution in [3.63, 3.8) is 0 Å². The van der Waals surface area contributed by atoms with Gasteiger partial charge in [-0.25, -0.2) is 8.42 Å². The predicted octanol–water partition coefficient (Wildman–Crippen LogP) is 2.15. The highest BCUT2D eigenvalue weighted by molar-refractivity contribution is 7.92. The van der Waals surface area contributed by atoms with E-state index >= 15 is 0 Å². The van der Waals surface area contributed by atoms with Crippen LogP contribution in [0.15, 0.2) is 36.4 Å². The van der Waals surface area contributed by atoms with Crippen LogP contribution in [0, 0.1) is 0 Å². The number of hydrogen-bond donors (Lipinski definition) is 4. The number of aliphatic hydroxyl groups is 1. The molecule has 2 atom stereocenters. The number of nitrogens with one attached hydrogen (secondary N) is 2. The third kappa shape index (κ3) is 8.72. The number of benzene rings is 2. The van der Waals surface area contributed by atoms with E-state index in [1.165, 1.54) is 29.3 Å². The summed E-state index contributed by atoms with van der Waals surface area (Å²) >= 11 is 0. The fourth-order valence-electron chi connectivity index (χ4n) is 4.06. The first-order valence-corrected chi connectivity index (χ1v) is 13.6. The number of aryl methyl sites for hydroxylation is 2. The molecule has 0 bridgehead atoms. The monoisotopic (exact) mass is 506 g/mol. The van der Waals surface area contributed by atoms with E-state index in [2.05, 4.69) is 28.2 Å². The third-order valence-corrected chi connectivity index (χ3v) is 6.36. The van der Waals surface area contributed by atoms with E-state index in [1.54, 1.807) is 6.92 Å². The van der Waals surface area contributed by atoms with Crippen LogP contribution < -0.4 is 14.8 Å². The first-order chi connectivity index (χ1) is 16.6. The molecule has 1 aliphatic carbocycles. The molecule has 0 aliphatic heterocycles. The Morgan fingerprint density at radius 2 is 2.00 bits per heavy atom. The number of aliphatic hydroxyl groups excluding tert-OH is 1. The number of anilines is 1. The zero-order chi connectivity index (χ0) is 25.4. The van der Waals surface area contributed by atoms with Crippen LogP contribution >= 0.6 is 0 Å². The molecule has 1 aliphatic rings. The molecule has 0 aromatic heterocycles. The summed E-state index contributed by atoms with van der Waals surface area (Å²) in [7, 11) is -3.55. The number of carbonyl (C=O) groups is 1. The number of phenolic OH excluding ortho intramolecular Hbond substituents is 1. The van der Waals surface area contributed by atoms with Crippen LogP contribution in [-0.2, 0) is 38.8 Å². The Bertz CT molecular complexity index is 1120. The van der Waals surface area contributed by atoms with Gasteiger partial charge in [-0.15, -0.1) is 0 Å². The van der Waals surface area contributed by atoms with Crippen LogP contribution in [0.3, 0.4) is 0 Å². The van der Waals surface area contributed by atoms with Gasteiger partial charge in [-0.1, -0.05) is 18.2 Å². The molecule has 0 radical (unpaired) electrons. The van der Waals surface area contributed by atoms with Gasteiger partial charge in [-0.05, 0) is 61.4 Å². The number of carbonyl (C=O) groups excluding carboxylic acids is 1. The molecule has 0 heterocycles. The zero-order valence-corrected chi connectivity index (χ0v) is 20.9. The summed E-state index contributed by atoms with van der Waals surface area (Å²) in [6.07, 6.45) is 3.99. The second-order valence-corrected chi connectivity index (χ2v) is 10.5. The molecular formula is C25H34N2O7S. The van der Waals surface area contributed by atoms with Crippen molar-refractivity contribution in [3.8, 4) is 11.5 Å². The van der Waals surface area contributed by atoms with Crippen molar-refractivity contribution in [2.75, 3.05) is 30.7 Å². The molecule has 10 heteroatoms. The molecule has 0 amide bonds. The van der Waals surface area contributed by atoms with Crippen LogP contribution in [-0.4, -0.2) is 62.8 Å². The second-order valence-electron chi connectivity index (χ2n) is 8.77. The van der Waals surface area contributed by atoms with Gasteiger partial charge in [0, 0.05) is 25.1 Å². The van der Waals surface area contributed by atoms with Gasteiger partial charge in [-0.2, -0.15) is 0 Å². The van der Waals surface area contributed by atoms with Gasteiger partial charge in [0.1, 0.15) is 24.2 Å². The smallest absolute Gasteiger partial charge is 0.306 e. The number of phenols is 1. The number of ether oxygens (including phenoxy) is 2. The molecule has 2 unspecified atom stereocenters. The average molecular weight is 507 g/mol. The lowest BCUT2D eigenvalue weighted by atomic mass is 9.86. The quantitative estimate of drug-likeness (QED) is 0.254. The highest BCUT2D eigenvalue weighted by Gasteiger charge is 2.20. The second kappa shape index (κ2) is 12.2. The fraction of sp³-hybridized carbons (Fsp3) is 0.480. The van der Waals surface area contributed by atoms with E-state index < -0.39 is 16.1 Å². The Morgan fingerprint density at radius 1 is 1.20 bits per heavy atom. The number of hydrogen-bond acceptors (Lipinski definition) is 8. The molecule has 2 aromatic rings. The standard InChI is InChI=1S/C25H34N2O7S/c1-3-33-25(30)11-5-17-4-6-18-7-8-20(13-19(18)12-17)26-15-21(28)16-34-22-9-10-24(29)23(14-22)27-35(2,31)32/h4,6,9-10,12,14,20-21,26-29H,3,5,7-8,11,13,15-16H2,1-2H3. The molecule has 2 aromatic carbocycles. The molecule has 0 saturated heterocycles. The summed E-state index contributed by atoms with van der Waals surface area (Å²) in [4.78, 5) is 11.6. The van der Waals surface area contributed by atoms with Crippen molar-refractivity contribution >= 4 is 21.7 Å². The first-order valence-electron chi connectivity index (χ1n) is 11.7. The van der Waals surface area contributed by atoms with E-state index in [0.29, 0.717) is 31.7 Å². The Kier molecular flexibility index (Phi) is 9.36. The Hall–Kier alpha value is -2.82. The number of fused-ring (bicyclic) bond motifs is 1. The summed E-state index contributed by atoms with van der Waals surface area (Å²) in [5.41, 5.74) is 3.71. The Balaban J connectivity index is 1.47. The van der Waals surface area contributed by atoms with Gasteiger partial charge >= 0.3 is 5.97 Å². The summed E-state index contributed by atoms with van der Waals surface area (Å²) < 4.78 is 35.6. The minimum absolute atomic E-state index is 0.0113. The van der Waals surface area contributed by atoms with Crippen molar-refractivity contribution in [2.45, 2.75) is 51.2 Å². The van der Waals surface area contributed by atoms with Crippen LogP contribution in [0.2, 0.25) is 0 Å². The summed E-state index contributed by atoms with van der Waals surface area (Å²) in [6.45, 7) is 2.55. The van der Waals surface area contributed by atoms with Crippen molar-refractivity contribution in [2.24, 2.45) is 0 Å². The molecule has 3 rings (SSSR count). The largest absolute Gasteiger partial charge is 0.506 e. The fourth-order valence-corrected chi connectivity index (χ4v) is 4.62. The number of rotatable bonds is 12. The zero-order valence-electron chi connectivity index (χ0n) is 20.1. The molecule has 9 nitrogen and oxygen atoms in total. The van der Waals surface area contributed by atoms with E-state index in [4.69, 9.17) is 9.47 Å². The molecule has 0 spiro atoms. The Labute approximate surface area is 206 Å². The first kappa shape index (κ1) is 26.8. The normalized spacial score (nSPS) is 16.3. The summed E-state index contributed by atoms with van der Waals surface area (Å²) in [5, 5.41) is 23.6. The maximum absolute atomic E-state index is 11.6. The van der Waals surface area contributed by atoms with Crippen LogP contribution in [0.25, 0.3) is 0 Å². The van der Waals surface area contributed by atoms with Crippen molar-refractivity contribution in [3.05, 3.63) is 53.1 Å². The molecule has 4 N–H and O–H groups in total. The van der Waals surface area contributed by atoms with E-state index in [0.717, 1.165) is 31.1 Å². The van der Waals surface area contributed by atoms with Crippen molar-refractivity contribution in [1.29, 1.82) is 0 Å². The predicted molar refractivity (Wildman–Crippen MR) is 133 cm³/mol. The molecule has 192 valence electrons. The van der Waals surface area contributed by atoms with E-state index in [9.17, 15) is 23.4 Å². The van der Waals surface area contributed by atoms with Crippen LogP contribution in [0.4, 0.5) is 5.69 Å². The van der Waals surface area contributed by atoms with Gasteiger partial charge in [0.05, 0.1) is 18.6 Å². The SMILES string of the molecule is CCOC(=O)CCc1ccc2c(c1)CC(NCC(O)COc1ccc(O)c(NS(C)(=O)=O)c1)CC2. The number of sulfonamides is 1. The van der Waals surface area contributed by atoms with Gasteiger partial charge in [0.2, 0.25) is 10.0 Å². The minimum atomic E-state index is -3.55. The maximum atomic E-state index is 11.6. The van der Waals surface area contributed by atoms with Gasteiger partial charge in [0.15, 0.2) is 0 Å². The van der Waals surface area contributed by atoms with Crippen LogP contribution in [0.1, 0.15) is 36.5 Å².